The molecule has 5 heteroatoms. The van der Waals surface area contributed by atoms with Gasteiger partial charge in [-0.1, -0.05) is 12.1 Å². The van der Waals surface area contributed by atoms with Crippen molar-refractivity contribution in [2.45, 2.75) is 6.54 Å². The summed E-state index contributed by atoms with van der Waals surface area (Å²) in [6, 6.07) is 12.6. The van der Waals surface area contributed by atoms with E-state index in [2.05, 4.69) is 21.2 Å². The number of hydrogen-bond donors (Lipinski definition) is 2. The summed E-state index contributed by atoms with van der Waals surface area (Å²) in [6.45, 7) is 0.461. The first-order valence-corrected chi connectivity index (χ1v) is 6.85. The number of nitrogen functional groups attached to an aromatic ring is 1. The molecule has 0 atom stereocenters. The van der Waals surface area contributed by atoms with E-state index in [-0.39, 0.29) is 5.91 Å². The maximum atomic E-state index is 12.0. The summed E-state index contributed by atoms with van der Waals surface area (Å²) in [5.41, 5.74) is 7.90. The Morgan fingerprint density at radius 3 is 2.55 bits per heavy atom. The van der Waals surface area contributed by atoms with Crippen molar-refractivity contribution < 1.29 is 9.53 Å². The summed E-state index contributed by atoms with van der Waals surface area (Å²) in [4.78, 5) is 12.0. The molecule has 2 rings (SSSR count). The third-order valence-corrected chi connectivity index (χ3v) is 3.47. The molecule has 0 heterocycles. The smallest absolute Gasteiger partial charge is 0.251 e. The molecular formula is C15H15BrN2O2. The Hall–Kier alpha value is -2.01. The van der Waals surface area contributed by atoms with Gasteiger partial charge in [0.25, 0.3) is 5.91 Å². The monoisotopic (exact) mass is 334 g/mol. The van der Waals surface area contributed by atoms with Gasteiger partial charge in [0.1, 0.15) is 5.75 Å². The highest BCUT2D eigenvalue weighted by atomic mass is 79.9. The van der Waals surface area contributed by atoms with E-state index in [0.29, 0.717) is 23.5 Å². The number of amides is 1. The second-order valence-electron chi connectivity index (χ2n) is 4.27. The molecule has 0 fully saturated rings. The zero-order chi connectivity index (χ0) is 14.5. The second-order valence-corrected chi connectivity index (χ2v) is 5.13. The molecule has 2 aromatic carbocycles. The molecule has 0 aliphatic rings. The summed E-state index contributed by atoms with van der Waals surface area (Å²) in [5.74, 6) is 0.560. The molecule has 104 valence electrons. The quantitative estimate of drug-likeness (QED) is 0.845. The Kier molecular flexibility index (Phi) is 4.63. The summed E-state index contributed by atoms with van der Waals surface area (Å²) in [6.07, 6.45) is 0. The fourth-order valence-electron chi connectivity index (χ4n) is 1.73. The van der Waals surface area contributed by atoms with Crippen LogP contribution in [0.25, 0.3) is 0 Å². The van der Waals surface area contributed by atoms with E-state index >= 15 is 0 Å². The molecule has 3 N–H and O–H groups in total. The molecular weight excluding hydrogens is 320 g/mol. The molecule has 1 amide bonds. The highest BCUT2D eigenvalue weighted by Crippen LogP contribution is 2.25. The van der Waals surface area contributed by atoms with Gasteiger partial charge in [0.2, 0.25) is 0 Å². The lowest BCUT2D eigenvalue weighted by atomic mass is 10.2. The topological polar surface area (TPSA) is 64.3 Å². The number of hydrogen-bond acceptors (Lipinski definition) is 3. The molecule has 0 aliphatic carbocycles. The van der Waals surface area contributed by atoms with E-state index in [1.54, 1.807) is 25.3 Å². The van der Waals surface area contributed by atoms with Crippen molar-refractivity contribution in [3.63, 3.8) is 0 Å². The minimum absolute atomic E-state index is 0.134. The highest BCUT2D eigenvalue weighted by Gasteiger charge is 2.08. The lowest BCUT2D eigenvalue weighted by Crippen LogP contribution is -2.22. The minimum atomic E-state index is -0.134. The Morgan fingerprint density at radius 2 is 1.95 bits per heavy atom. The lowest BCUT2D eigenvalue weighted by Gasteiger charge is -2.08. The van der Waals surface area contributed by atoms with Crippen molar-refractivity contribution in [1.82, 2.24) is 5.32 Å². The fraction of sp³-hybridized carbons (Fsp3) is 0.133. The Balaban J connectivity index is 2.01. The lowest BCUT2D eigenvalue weighted by molar-refractivity contribution is 0.0951. The number of nitrogens with one attached hydrogen (secondary N) is 1. The van der Waals surface area contributed by atoms with Gasteiger partial charge in [-0.3, -0.25) is 4.79 Å². The average Bonchev–Trinajstić information content (AvgIpc) is 2.46. The number of carbonyl (C=O) groups excluding carboxylic acids is 1. The number of ether oxygens (including phenoxy) is 1. The van der Waals surface area contributed by atoms with Gasteiger partial charge in [0.05, 0.1) is 11.6 Å². The van der Waals surface area contributed by atoms with E-state index in [1.165, 1.54) is 0 Å². The van der Waals surface area contributed by atoms with Crippen LogP contribution in [-0.4, -0.2) is 13.0 Å². The van der Waals surface area contributed by atoms with Gasteiger partial charge < -0.3 is 15.8 Å². The largest absolute Gasteiger partial charge is 0.496 e. The first-order chi connectivity index (χ1) is 9.60. The standard InChI is InChI=1S/C15H15BrN2O2/c1-20-14-7-4-11(8-13(14)16)15(19)18-9-10-2-5-12(17)6-3-10/h2-8H,9,17H2,1H3,(H,18,19). The first-order valence-electron chi connectivity index (χ1n) is 6.06. The van der Waals surface area contributed by atoms with E-state index in [0.717, 1.165) is 10.0 Å². The molecule has 0 unspecified atom stereocenters. The average molecular weight is 335 g/mol. The van der Waals surface area contributed by atoms with Gasteiger partial charge >= 0.3 is 0 Å². The van der Waals surface area contributed by atoms with Crippen LogP contribution in [0.3, 0.4) is 0 Å². The summed E-state index contributed by atoms with van der Waals surface area (Å²) < 4.78 is 5.88. The van der Waals surface area contributed by atoms with Crippen LogP contribution in [0.5, 0.6) is 5.75 Å². The summed E-state index contributed by atoms with van der Waals surface area (Å²) >= 11 is 3.36. The zero-order valence-electron chi connectivity index (χ0n) is 11.0. The molecule has 0 radical (unpaired) electrons. The minimum Gasteiger partial charge on any atom is -0.496 e. The molecule has 0 aromatic heterocycles. The second kappa shape index (κ2) is 6.43. The maximum Gasteiger partial charge on any atom is 0.251 e. The number of halogens is 1. The van der Waals surface area contributed by atoms with Crippen LogP contribution in [-0.2, 0) is 6.54 Å². The van der Waals surface area contributed by atoms with Gasteiger partial charge in [-0.15, -0.1) is 0 Å². The van der Waals surface area contributed by atoms with Crippen molar-refractivity contribution in [2.75, 3.05) is 12.8 Å². The number of benzene rings is 2. The van der Waals surface area contributed by atoms with Gasteiger partial charge in [0.15, 0.2) is 0 Å². The number of rotatable bonds is 4. The third-order valence-electron chi connectivity index (χ3n) is 2.85. The van der Waals surface area contributed by atoms with Crippen LogP contribution in [0.2, 0.25) is 0 Å². The number of methoxy groups -OCH3 is 1. The van der Waals surface area contributed by atoms with Gasteiger partial charge in [-0.2, -0.15) is 0 Å². The van der Waals surface area contributed by atoms with Gasteiger partial charge in [-0.05, 0) is 51.8 Å². The fourth-order valence-corrected chi connectivity index (χ4v) is 2.27. The number of nitrogens with two attached hydrogens (primary N) is 1. The van der Waals surface area contributed by atoms with Crippen LogP contribution in [0.4, 0.5) is 5.69 Å². The van der Waals surface area contributed by atoms with Crippen molar-refractivity contribution in [1.29, 1.82) is 0 Å². The van der Waals surface area contributed by atoms with Crippen molar-refractivity contribution in [3.05, 3.63) is 58.1 Å². The van der Waals surface area contributed by atoms with Crippen LogP contribution >= 0.6 is 15.9 Å². The van der Waals surface area contributed by atoms with Crippen molar-refractivity contribution in [3.8, 4) is 5.75 Å². The third kappa shape index (κ3) is 3.51. The Labute approximate surface area is 126 Å². The Morgan fingerprint density at radius 1 is 1.25 bits per heavy atom. The van der Waals surface area contributed by atoms with Crippen LogP contribution in [0, 0.1) is 0 Å². The molecule has 0 saturated carbocycles. The molecule has 0 bridgehead atoms. The molecule has 4 nitrogen and oxygen atoms in total. The van der Waals surface area contributed by atoms with E-state index in [9.17, 15) is 4.79 Å². The number of carbonyl (C=O) groups is 1. The zero-order valence-corrected chi connectivity index (χ0v) is 12.6. The van der Waals surface area contributed by atoms with E-state index in [1.807, 2.05) is 24.3 Å². The normalized spacial score (nSPS) is 10.1. The molecule has 20 heavy (non-hydrogen) atoms. The van der Waals surface area contributed by atoms with Gasteiger partial charge in [0, 0.05) is 17.8 Å². The van der Waals surface area contributed by atoms with Crippen molar-refractivity contribution >= 4 is 27.5 Å². The predicted octanol–water partition coefficient (Wildman–Crippen LogP) is 2.97. The van der Waals surface area contributed by atoms with Crippen molar-refractivity contribution in [2.24, 2.45) is 0 Å². The highest BCUT2D eigenvalue weighted by molar-refractivity contribution is 9.10. The van der Waals surface area contributed by atoms with Crippen LogP contribution < -0.4 is 15.8 Å². The molecule has 0 spiro atoms. The first kappa shape index (κ1) is 14.4. The predicted molar refractivity (Wildman–Crippen MR) is 82.7 cm³/mol. The Bertz CT molecular complexity index is 612. The molecule has 2 aromatic rings. The maximum absolute atomic E-state index is 12.0. The molecule has 0 saturated heterocycles. The summed E-state index contributed by atoms with van der Waals surface area (Å²) in [7, 11) is 1.58. The van der Waals surface area contributed by atoms with E-state index in [4.69, 9.17) is 10.5 Å². The van der Waals surface area contributed by atoms with Crippen LogP contribution in [0.15, 0.2) is 46.9 Å². The SMILES string of the molecule is COc1ccc(C(=O)NCc2ccc(N)cc2)cc1Br. The van der Waals surface area contributed by atoms with Crippen LogP contribution in [0.1, 0.15) is 15.9 Å². The number of anilines is 1. The van der Waals surface area contributed by atoms with E-state index < -0.39 is 0 Å². The van der Waals surface area contributed by atoms with Gasteiger partial charge in [-0.25, -0.2) is 0 Å². The molecule has 0 aliphatic heterocycles. The summed E-state index contributed by atoms with van der Waals surface area (Å²) in [5, 5.41) is 2.86.